The second-order valence-electron chi connectivity index (χ2n) is 3.51. The zero-order valence-electron chi connectivity index (χ0n) is 9.25. The maximum absolute atomic E-state index is 12.6. The normalized spacial score (nSPS) is 11.6. The Morgan fingerprint density at radius 1 is 1.28 bits per heavy atom. The van der Waals surface area contributed by atoms with Crippen LogP contribution in [0.3, 0.4) is 0 Å². The smallest absolute Gasteiger partial charge is 0.292 e. The third-order valence-electron chi connectivity index (χ3n) is 2.14. The van der Waals surface area contributed by atoms with E-state index in [-0.39, 0.29) is 11.6 Å². The molecular weight excluding hydrogens is 265 g/mol. The van der Waals surface area contributed by atoms with Crippen molar-refractivity contribution in [1.82, 2.24) is 9.97 Å². The van der Waals surface area contributed by atoms with E-state index in [1.54, 1.807) is 6.07 Å². The summed E-state index contributed by atoms with van der Waals surface area (Å²) in [6.45, 7) is 1.86. The van der Waals surface area contributed by atoms with Gasteiger partial charge in [0.2, 0.25) is 5.95 Å². The van der Waals surface area contributed by atoms with Gasteiger partial charge < -0.3 is 0 Å². The summed E-state index contributed by atoms with van der Waals surface area (Å²) in [4.78, 5) is 8.82. The lowest BCUT2D eigenvalue weighted by Gasteiger charge is -2.09. The first-order valence-corrected chi connectivity index (χ1v) is 5.71. The number of nitrogens with zero attached hydrogens (tertiary/aromatic N) is 2. The van der Waals surface area contributed by atoms with Crippen molar-refractivity contribution in [1.29, 1.82) is 0 Å². The molecule has 2 rings (SSSR count). The molecule has 0 fully saturated rings. The molecule has 8 heteroatoms. The highest BCUT2D eigenvalue weighted by Gasteiger charge is 2.33. The average Bonchev–Trinajstić information content (AvgIpc) is 2.74. The van der Waals surface area contributed by atoms with Crippen molar-refractivity contribution in [3.63, 3.8) is 0 Å². The molecular formula is C10H9F3N4S. The SMILES string of the molecule is Cc1ccc(-c2cc(C(F)(F)F)nc(NN)n2)s1. The fourth-order valence-electron chi connectivity index (χ4n) is 1.36. The molecule has 3 N–H and O–H groups in total. The summed E-state index contributed by atoms with van der Waals surface area (Å²) in [5.74, 6) is 4.82. The molecule has 0 aliphatic heterocycles. The second-order valence-corrected chi connectivity index (χ2v) is 4.80. The van der Waals surface area contributed by atoms with E-state index in [1.807, 2.05) is 18.4 Å². The first-order valence-electron chi connectivity index (χ1n) is 4.90. The Hall–Kier alpha value is -1.67. The number of hydrogen-bond donors (Lipinski definition) is 2. The fourth-order valence-corrected chi connectivity index (χ4v) is 2.18. The standard InChI is InChI=1S/C10H9F3N4S/c1-5-2-3-7(18-5)6-4-8(10(11,12)13)16-9(15-6)17-14/h2-4H,14H2,1H3,(H,15,16,17). The summed E-state index contributed by atoms with van der Waals surface area (Å²) >= 11 is 1.35. The summed E-state index contributed by atoms with van der Waals surface area (Å²) in [5.41, 5.74) is 1.21. The van der Waals surface area contributed by atoms with Gasteiger partial charge in [0.25, 0.3) is 0 Å². The lowest BCUT2D eigenvalue weighted by atomic mass is 10.2. The third-order valence-corrected chi connectivity index (χ3v) is 3.16. The Balaban J connectivity index is 2.54. The Bertz CT molecular complexity index is 564. The van der Waals surface area contributed by atoms with Crippen molar-refractivity contribution in [2.45, 2.75) is 13.1 Å². The van der Waals surface area contributed by atoms with Crippen molar-refractivity contribution in [3.8, 4) is 10.6 Å². The highest BCUT2D eigenvalue weighted by molar-refractivity contribution is 7.15. The summed E-state index contributed by atoms with van der Waals surface area (Å²) in [7, 11) is 0. The lowest BCUT2D eigenvalue weighted by Crippen LogP contribution is -2.15. The van der Waals surface area contributed by atoms with Crippen LogP contribution in [-0.2, 0) is 6.18 Å². The number of alkyl halides is 3. The highest BCUT2D eigenvalue weighted by Crippen LogP contribution is 2.33. The maximum atomic E-state index is 12.6. The van der Waals surface area contributed by atoms with Gasteiger partial charge in [0.1, 0.15) is 0 Å². The summed E-state index contributed by atoms with van der Waals surface area (Å²) < 4.78 is 37.9. The van der Waals surface area contributed by atoms with E-state index in [0.29, 0.717) is 4.88 Å². The van der Waals surface area contributed by atoms with E-state index in [1.165, 1.54) is 11.3 Å². The molecule has 2 aromatic heterocycles. The molecule has 2 heterocycles. The monoisotopic (exact) mass is 274 g/mol. The maximum Gasteiger partial charge on any atom is 0.433 e. The number of nitrogen functional groups attached to an aromatic ring is 1. The van der Waals surface area contributed by atoms with Crippen LogP contribution in [0.25, 0.3) is 10.6 Å². The number of aromatic nitrogens is 2. The Morgan fingerprint density at radius 2 is 2.00 bits per heavy atom. The Kier molecular flexibility index (Phi) is 3.22. The molecule has 0 spiro atoms. The van der Waals surface area contributed by atoms with Gasteiger partial charge >= 0.3 is 6.18 Å². The van der Waals surface area contributed by atoms with E-state index in [0.717, 1.165) is 10.9 Å². The number of rotatable bonds is 2. The first kappa shape index (κ1) is 12.8. The van der Waals surface area contributed by atoms with Gasteiger partial charge in [0.15, 0.2) is 5.69 Å². The van der Waals surface area contributed by atoms with Gasteiger partial charge in [0, 0.05) is 4.88 Å². The molecule has 0 amide bonds. The van der Waals surface area contributed by atoms with Crippen LogP contribution in [0, 0.1) is 6.92 Å². The molecule has 96 valence electrons. The van der Waals surface area contributed by atoms with Gasteiger partial charge in [-0.2, -0.15) is 13.2 Å². The van der Waals surface area contributed by atoms with E-state index < -0.39 is 11.9 Å². The second kappa shape index (κ2) is 4.54. The van der Waals surface area contributed by atoms with E-state index >= 15 is 0 Å². The van der Waals surface area contributed by atoms with Gasteiger partial charge in [-0.05, 0) is 25.1 Å². The minimum Gasteiger partial charge on any atom is -0.292 e. The quantitative estimate of drug-likeness (QED) is 0.653. The number of thiophene rings is 1. The topological polar surface area (TPSA) is 63.8 Å². The number of anilines is 1. The van der Waals surface area contributed by atoms with Crippen LogP contribution in [0.5, 0.6) is 0 Å². The summed E-state index contributed by atoms with van der Waals surface area (Å²) in [5, 5.41) is 0. The van der Waals surface area contributed by atoms with Gasteiger partial charge in [-0.25, -0.2) is 15.8 Å². The molecule has 0 saturated heterocycles. The molecule has 0 saturated carbocycles. The van der Waals surface area contributed by atoms with Crippen molar-refractivity contribution < 1.29 is 13.2 Å². The number of hydrazine groups is 1. The van der Waals surface area contributed by atoms with Crippen molar-refractivity contribution in [2.24, 2.45) is 5.84 Å². The van der Waals surface area contributed by atoms with Crippen LogP contribution < -0.4 is 11.3 Å². The molecule has 0 aliphatic rings. The molecule has 0 unspecified atom stereocenters. The van der Waals surface area contributed by atoms with Gasteiger partial charge in [-0.1, -0.05) is 0 Å². The molecule has 4 nitrogen and oxygen atoms in total. The zero-order chi connectivity index (χ0) is 13.3. The molecule has 0 aromatic carbocycles. The number of hydrogen-bond acceptors (Lipinski definition) is 5. The number of nitrogens with two attached hydrogens (primary N) is 1. The van der Waals surface area contributed by atoms with Crippen LogP contribution >= 0.6 is 11.3 Å². The van der Waals surface area contributed by atoms with Gasteiger partial charge in [-0.3, -0.25) is 5.43 Å². The minimum atomic E-state index is -4.53. The molecule has 2 aromatic rings. The first-order chi connectivity index (χ1) is 8.40. The zero-order valence-corrected chi connectivity index (χ0v) is 10.1. The van der Waals surface area contributed by atoms with Gasteiger partial charge in [0.05, 0.1) is 10.6 Å². The van der Waals surface area contributed by atoms with Crippen LogP contribution in [0.1, 0.15) is 10.6 Å². The van der Waals surface area contributed by atoms with Crippen LogP contribution in [0.15, 0.2) is 18.2 Å². The fraction of sp³-hybridized carbons (Fsp3) is 0.200. The van der Waals surface area contributed by atoms with Crippen LogP contribution in [-0.4, -0.2) is 9.97 Å². The predicted octanol–water partition coefficient (Wildman–Crippen LogP) is 2.82. The third kappa shape index (κ3) is 2.59. The van der Waals surface area contributed by atoms with E-state index in [9.17, 15) is 13.2 Å². The van der Waals surface area contributed by atoms with Gasteiger partial charge in [-0.15, -0.1) is 11.3 Å². The highest BCUT2D eigenvalue weighted by atomic mass is 32.1. The summed E-state index contributed by atoms with van der Waals surface area (Å²) in [6, 6.07) is 4.43. The molecule has 18 heavy (non-hydrogen) atoms. The number of aryl methyl sites for hydroxylation is 1. The molecule has 0 aliphatic carbocycles. The van der Waals surface area contributed by atoms with E-state index in [4.69, 9.17) is 5.84 Å². The van der Waals surface area contributed by atoms with Crippen LogP contribution in [0.2, 0.25) is 0 Å². The van der Waals surface area contributed by atoms with E-state index in [2.05, 4.69) is 9.97 Å². The minimum absolute atomic E-state index is 0.198. The lowest BCUT2D eigenvalue weighted by molar-refractivity contribution is -0.141. The van der Waals surface area contributed by atoms with Crippen LogP contribution in [0.4, 0.5) is 19.1 Å². The van der Waals surface area contributed by atoms with Crippen molar-refractivity contribution in [2.75, 3.05) is 5.43 Å². The Morgan fingerprint density at radius 3 is 2.50 bits per heavy atom. The molecule has 0 bridgehead atoms. The summed E-state index contributed by atoms with van der Waals surface area (Å²) in [6.07, 6.45) is -4.53. The molecule has 0 radical (unpaired) electrons. The average molecular weight is 274 g/mol. The predicted molar refractivity (Wildman–Crippen MR) is 62.9 cm³/mol. The molecule has 0 atom stereocenters. The number of halogens is 3. The largest absolute Gasteiger partial charge is 0.433 e. The van der Waals surface area contributed by atoms with Crippen molar-refractivity contribution in [3.05, 3.63) is 28.8 Å². The number of nitrogens with one attached hydrogen (secondary N) is 1. The van der Waals surface area contributed by atoms with Crippen molar-refractivity contribution >= 4 is 17.3 Å². The Labute approximate surface area is 105 Å².